The van der Waals surface area contributed by atoms with E-state index in [2.05, 4.69) is 0 Å². The Morgan fingerprint density at radius 2 is 1.70 bits per heavy atom. The van der Waals surface area contributed by atoms with Crippen molar-refractivity contribution in [1.82, 2.24) is 0 Å². The van der Waals surface area contributed by atoms with E-state index >= 15 is 0 Å². The average Bonchev–Trinajstić information content (AvgIpc) is 2.44. The molecule has 2 rings (SSSR count). The van der Waals surface area contributed by atoms with E-state index in [0.717, 1.165) is 11.3 Å². The molecular weight excluding hydrogens is 295 g/mol. The molecule has 20 heavy (non-hydrogen) atoms. The Labute approximate surface area is 128 Å². The van der Waals surface area contributed by atoms with Gasteiger partial charge in [-0.3, -0.25) is 0 Å². The van der Waals surface area contributed by atoms with Crippen LogP contribution >= 0.6 is 23.2 Å². The normalized spacial score (nSPS) is 10.6. The summed E-state index contributed by atoms with van der Waals surface area (Å²) in [5.41, 5.74) is 8.46. The lowest BCUT2D eigenvalue weighted by Crippen LogP contribution is -2.27. The number of nitrogens with zero attached hydrogens (tertiary/aromatic N) is 1. The molecule has 0 aliphatic rings. The highest BCUT2D eigenvalue weighted by Crippen LogP contribution is 2.33. The standard InChI is InChI=1S/C15H16Cl2N2O/c16-12-8-14(18)15(9-13(12)17)19(6-7-20)10-11-4-2-1-3-5-11/h1-5,8-9,20H,6-7,10,18H2. The summed E-state index contributed by atoms with van der Waals surface area (Å²) in [4.78, 5) is 1.98. The molecule has 0 spiro atoms. The maximum absolute atomic E-state index is 9.25. The smallest absolute Gasteiger partial charge is 0.0619 e. The zero-order chi connectivity index (χ0) is 14.5. The third-order valence-corrected chi connectivity index (χ3v) is 3.72. The van der Waals surface area contributed by atoms with Crippen LogP contribution in [0, 0.1) is 0 Å². The fourth-order valence-electron chi connectivity index (χ4n) is 2.03. The van der Waals surface area contributed by atoms with Crippen LogP contribution in [0.4, 0.5) is 11.4 Å². The van der Waals surface area contributed by atoms with E-state index < -0.39 is 0 Å². The van der Waals surface area contributed by atoms with Gasteiger partial charge in [0.1, 0.15) is 0 Å². The van der Waals surface area contributed by atoms with Gasteiger partial charge in [-0.25, -0.2) is 0 Å². The van der Waals surface area contributed by atoms with Gasteiger partial charge in [-0.05, 0) is 17.7 Å². The summed E-state index contributed by atoms with van der Waals surface area (Å²) in [5, 5.41) is 10.1. The van der Waals surface area contributed by atoms with Crippen molar-refractivity contribution < 1.29 is 5.11 Å². The van der Waals surface area contributed by atoms with Crippen LogP contribution in [0.5, 0.6) is 0 Å². The zero-order valence-electron chi connectivity index (χ0n) is 10.9. The summed E-state index contributed by atoms with van der Waals surface area (Å²) in [5.74, 6) is 0. The Hall–Kier alpha value is -1.42. The lowest BCUT2D eigenvalue weighted by molar-refractivity contribution is 0.301. The lowest BCUT2D eigenvalue weighted by atomic mass is 10.2. The summed E-state index contributed by atoms with van der Waals surface area (Å²) in [7, 11) is 0. The van der Waals surface area contributed by atoms with Crippen molar-refractivity contribution in [1.29, 1.82) is 0 Å². The third-order valence-electron chi connectivity index (χ3n) is 3.00. The molecule has 0 atom stereocenters. The summed E-state index contributed by atoms with van der Waals surface area (Å²) in [6.45, 7) is 1.15. The highest BCUT2D eigenvalue weighted by atomic mass is 35.5. The molecule has 2 aromatic rings. The van der Waals surface area contributed by atoms with E-state index in [4.69, 9.17) is 28.9 Å². The first kappa shape index (κ1) is 15.0. The molecule has 3 nitrogen and oxygen atoms in total. The SMILES string of the molecule is Nc1cc(Cl)c(Cl)cc1N(CCO)Cc1ccccc1. The Balaban J connectivity index is 2.31. The molecule has 0 heterocycles. The van der Waals surface area contributed by atoms with Gasteiger partial charge in [-0.2, -0.15) is 0 Å². The van der Waals surface area contributed by atoms with Gasteiger partial charge in [0.15, 0.2) is 0 Å². The molecule has 0 aliphatic carbocycles. The molecule has 2 aromatic carbocycles. The van der Waals surface area contributed by atoms with Crippen LogP contribution in [0.15, 0.2) is 42.5 Å². The monoisotopic (exact) mass is 310 g/mol. The molecule has 5 heteroatoms. The minimum Gasteiger partial charge on any atom is -0.397 e. The van der Waals surface area contributed by atoms with Gasteiger partial charge in [-0.1, -0.05) is 53.5 Å². The predicted molar refractivity (Wildman–Crippen MR) is 85.5 cm³/mol. The number of aliphatic hydroxyl groups is 1. The number of benzene rings is 2. The first-order valence-electron chi connectivity index (χ1n) is 6.26. The quantitative estimate of drug-likeness (QED) is 0.830. The number of halogens is 2. The van der Waals surface area contributed by atoms with Gasteiger partial charge in [0, 0.05) is 13.1 Å². The molecule has 0 fully saturated rings. The second kappa shape index (κ2) is 6.84. The number of hydrogen-bond acceptors (Lipinski definition) is 3. The van der Waals surface area contributed by atoms with Crippen LogP contribution in [-0.2, 0) is 6.54 Å². The van der Waals surface area contributed by atoms with Crippen LogP contribution in [0.2, 0.25) is 10.0 Å². The van der Waals surface area contributed by atoms with Gasteiger partial charge >= 0.3 is 0 Å². The number of rotatable bonds is 5. The van der Waals surface area contributed by atoms with Crippen molar-refractivity contribution in [3.05, 3.63) is 58.1 Å². The van der Waals surface area contributed by atoms with E-state index in [0.29, 0.717) is 28.8 Å². The topological polar surface area (TPSA) is 49.5 Å². The Bertz CT molecular complexity index is 576. The summed E-state index contributed by atoms with van der Waals surface area (Å²) < 4.78 is 0. The summed E-state index contributed by atoms with van der Waals surface area (Å²) >= 11 is 12.0. The summed E-state index contributed by atoms with van der Waals surface area (Å²) in [6.07, 6.45) is 0. The van der Waals surface area contributed by atoms with Crippen LogP contribution in [0.3, 0.4) is 0 Å². The molecule has 0 saturated heterocycles. The number of anilines is 2. The lowest BCUT2D eigenvalue weighted by Gasteiger charge is -2.26. The molecular formula is C15H16Cl2N2O. The van der Waals surface area contributed by atoms with Crippen LogP contribution in [0.25, 0.3) is 0 Å². The number of nitrogen functional groups attached to an aromatic ring is 1. The van der Waals surface area contributed by atoms with E-state index in [1.807, 2.05) is 35.2 Å². The Kier molecular flexibility index (Phi) is 5.12. The van der Waals surface area contributed by atoms with Crippen LogP contribution in [0.1, 0.15) is 5.56 Å². The van der Waals surface area contributed by atoms with Gasteiger partial charge in [-0.15, -0.1) is 0 Å². The Morgan fingerprint density at radius 1 is 1.05 bits per heavy atom. The second-order valence-electron chi connectivity index (χ2n) is 4.46. The Morgan fingerprint density at radius 3 is 2.35 bits per heavy atom. The first-order valence-corrected chi connectivity index (χ1v) is 7.01. The molecule has 0 saturated carbocycles. The van der Waals surface area contributed by atoms with Gasteiger partial charge < -0.3 is 15.7 Å². The minimum absolute atomic E-state index is 0.0342. The van der Waals surface area contributed by atoms with Crippen molar-refractivity contribution in [3.8, 4) is 0 Å². The number of nitrogens with two attached hydrogens (primary N) is 1. The predicted octanol–water partition coefficient (Wildman–Crippen LogP) is 3.57. The molecule has 0 amide bonds. The minimum atomic E-state index is 0.0342. The van der Waals surface area contributed by atoms with E-state index in [1.54, 1.807) is 12.1 Å². The van der Waals surface area contributed by atoms with E-state index in [1.165, 1.54) is 0 Å². The van der Waals surface area contributed by atoms with Crippen LogP contribution < -0.4 is 10.6 Å². The molecule has 3 N–H and O–H groups in total. The summed E-state index contributed by atoms with van der Waals surface area (Å²) in [6, 6.07) is 13.3. The highest BCUT2D eigenvalue weighted by Gasteiger charge is 2.13. The first-order chi connectivity index (χ1) is 9.61. The van der Waals surface area contributed by atoms with Gasteiger partial charge in [0.25, 0.3) is 0 Å². The number of hydrogen-bond donors (Lipinski definition) is 2. The number of aliphatic hydroxyl groups excluding tert-OH is 1. The fourth-order valence-corrected chi connectivity index (χ4v) is 2.36. The van der Waals surface area contributed by atoms with E-state index in [-0.39, 0.29) is 6.61 Å². The van der Waals surface area contributed by atoms with Crippen molar-refractivity contribution >= 4 is 34.6 Å². The van der Waals surface area contributed by atoms with Gasteiger partial charge in [0.2, 0.25) is 0 Å². The van der Waals surface area contributed by atoms with E-state index in [9.17, 15) is 5.11 Å². The molecule has 0 unspecified atom stereocenters. The van der Waals surface area contributed by atoms with Gasteiger partial charge in [0.05, 0.1) is 28.0 Å². The third kappa shape index (κ3) is 3.57. The fraction of sp³-hybridized carbons (Fsp3) is 0.200. The van der Waals surface area contributed by atoms with Crippen LogP contribution in [-0.4, -0.2) is 18.3 Å². The maximum atomic E-state index is 9.25. The molecule has 106 valence electrons. The second-order valence-corrected chi connectivity index (χ2v) is 5.27. The average molecular weight is 311 g/mol. The van der Waals surface area contributed by atoms with Crippen molar-refractivity contribution in [2.45, 2.75) is 6.54 Å². The maximum Gasteiger partial charge on any atom is 0.0619 e. The van der Waals surface area contributed by atoms with Crippen molar-refractivity contribution in [3.63, 3.8) is 0 Å². The van der Waals surface area contributed by atoms with Crippen molar-refractivity contribution in [2.24, 2.45) is 0 Å². The van der Waals surface area contributed by atoms with Crippen molar-refractivity contribution in [2.75, 3.05) is 23.8 Å². The molecule has 0 bridgehead atoms. The molecule has 0 aliphatic heterocycles. The molecule has 0 radical (unpaired) electrons. The highest BCUT2D eigenvalue weighted by molar-refractivity contribution is 6.42. The molecule has 0 aromatic heterocycles. The largest absolute Gasteiger partial charge is 0.397 e. The zero-order valence-corrected chi connectivity index (χ0v) is 12.4.